The summed E-state index contributed by atoms with van der Waals surface area (Å²) in [5.74, 6) is 1.75. The van der Waals surface area contributed by atoms with E-state index in [1.54, 1.807) is 0 Å². The molecule has 0 amide bonds. The first-order valence-electron chi connectivity index (χ1n) is 11.1. The Kier molecular flexibility index (Phi) is 12.9. The molecule has 2 aliphatic rings. The summed E-state index contributed by atoms with van der Waals surface area (Å²) in [5, 5.41) is 7.18. The number of rotatable bonds is 9. The monoisotopic (exact) mass is 493 g/mol. The number of hydrogen-bond donors (Lipinski definition) is 2. The molecule has 0 aromatic carbocycles. The van der Waals surface area contributed by atoms with Gasteiger partial charge in [-0.25, -0.2) is 0 Å². The molecule has 2 heterocycles. The molecule has 2 aliphatic heterocycles. The fraction of sp³-hybridized carbons (Fsp3) is 0.952. The molecule has 0 aliphatic carbocycles. The highest BCUT2D eigenvalue weighted by atomic mass is 127. The summed E-state index contributed by atoms with van der Waals surface area (Å²) >= 11 is 0. The van der Waals surface area contributed by atoms with E-state index in [0.717, 1.165) is 25.0 Å². The van der Waals surface area contributed by atoms with Crippen molar-refractivity contribution in [2.24, 2.45) is 10.9 Å². The third-order valence-corrected chi connectivity index (χ3v) is 5.67. The molecule has 1 unspecified atom stereocenters. The van der Waals surface area contributed by atoms with Crippen LogP contribution in [0.5, 0.6) is 0 Å². The molecular formula is C21H44IN5. The minimum Gasteiger partial charge on any atom is -0.357 e. The molecule has 6 heteroatoms. The Bertz CT molecular complexity index is 401. The lowest BCUT2D eigenvalue weighted by Gasteiger charge is -2.33. The SMILES string of the molecule is CCCN1CCC(NC(=NCC(CC(C)C)N2CCCC2)NCC)CC1.I. The van der Waals surface area contributed by atoms with Crippen molar-refractivity contribution in [3.63, 3.8) is 0 Å². The molecule has 2 saturated heterocycles. The second-order valence-corrected chi connectivity index (χ2v) is 8.51. The number of nitrogens with one attached hydrogen (secondary N) is 2. The van der Waals surface area contributed by atoms with Crippen molar-refractivity contribution in [1.29, 1.82) is 0 Å². The topological polar surface area (TPSA) is 42.9 Å². The van der Waals surface area contributed by atoms with Crippen LogP contribution in [0.4, 0.5) is 0 Å². The van der Waals surface area contributed by atoms with Crippen molar-refractivity contribution in [2.75, 3.05) is 45.8 Å². The highest BCUT2D eigenvalue weighted by Gasteiger charge is 2.23. The summed E-state index contributed by atoms with van der Waals surface area (Å²) < 4.78 is 0. The number of likely N-dealkylation sites (tertiary alicyclic amines) is 2. The predicted molar refractivity (Wildman–Crippen MR) is 128 cm³/mol. The van der Waals surface area contributed by atoms with Crippen molar-refractivity contribution < 1.29 is 0 Å². The van der Waals surface area contributed by atoms with E-state index >= 15 is 0 Å². The lowest BCUT2D eigenvalue weighted by atomic mass is 10.0. The van der Waals surface area contributed by atoms with Crippen LogP contribution < -0.4 is 10.6 Å². The molecule has 2 N–H and O–H groups in total. The molecule has 0 aromatic heterocycles. The second kappa shape index (κ2) is 14.0. The van der Waals surface area contributed by atoms with Gasteiger partial charge < -0.3 is 15.5 Å². The van der Waals surface area contributed by atoms with Crippen molar-refractivity contribution in [3.8, 4) is 0 Å². The van der Waals surface area contributed by atoms with Crippen LogP contribution in [-0.4, -0.2) is 73.7 Å². The Morgan fingerprint density at radius 1 is 1.07 bits per heavy atom. The molecule has 0 radical (unpaired) electrons. The lowest BCUT2D eigenvalue weighted by molar-refractivity contribution is 0.205. The summed E-state index contributed by atoms with van der Waals surface area (Å²) in [6, 6.07) is 1.16. The average molecular weight is 494 g/mol. The first kappa shape index (κ1) is 25.0. The summed E-state index contributed by atoms with van der Waals surface area (Å²) in [6.07, 6.45) is 7.67. The number of piperidine rings is 1. The van der Waals surface area contributed by atoms with Crippen molar-refractivity contribution >= 4 is 29.9 Å². The standard InChI is InChI=1S/C21H43N5.HI/c1-5-11-25-14-9-19(10-15-25)24-21(22-6-2)23-17-20(16-18(3)4)26-12-7-8-13-26;/h18-20H,5-17H2,1-4H3,(H2,22,23,24);1H. The molecule has 0 spiro atoms. The normalized spacial score (nSPS) is 21.3. The van der Waals surface area contributed by atoms with E-state index in [9.17, 15) is 0 Å². The number of guanidine groups is 1. The Morgan fingerprint density at radius 3 is 2.30 bits per heavy atom. The van der Waals surface area contributed by atoms with Crippen molar-refractivity contribution in [1.82, 2.24) is 20.4 Å². The third-order valence-electron chi connectivity index (χ3n) is 5.67. The molecule has 0 bridgehead atoms. The third kappa shape index (κ3) is 9.31. The smallest absolute Gasteiger partial charge is 0.191 e. The fourth-order valence-electron chi connectivity index (χ4n) is 4.32. The van der Waals surface area contributed by atoms with Gasteiger partial charge in [0, 0.05) is 31.7 Å². The summed E-state index contributed by atoms with van der Waals surface area (Å²) in [7, 11) is 0. The molecule has 5 nitrogen and oxygen atoms in total. The molecule has 2 fully saturated rings. The Balaban J connectivity index is 0.00000364. The van der Waals surface area contributed by atoms with Crippen LogP contribution in [0, 0.1) is 5.92 Å². The van der Waals surface area contributed by atoms with E-state index in [1.165, 1.54) is 71.2 Å². The molecule has 2 rings (SSSR count). The zero-order chi connectivity index (χ0) is 18.8. The maximum absolute atomic E-state index is 5.00. The van der Waals surface area contributed by atoms with E-state index in [-0.39, 0.29) is 24.0 Å². The average Bonchev–Trinajstić information content (AvgIpc) is 3.15. The van der Waals surface area contributed by atoms with Crippen LogP contribution in [0.2, 0.25) is 0 Å². The predicted octanol–water partition coefficient (Wildman–Crippen LogP) is 3.54. The van der Waals surface area contributed by atoms with E-state index in [0.29, 0.717) is 12.1 Å². The minimum absolute atomic E-state index is 0. The van der Waals surface area contributed by atoms with Crippen LogP contribution in [-0.2, 0) is 0 Å². The summed E-state index contributed by atoms with van der Waals surface area (Å²) in [6.45, 7) is 17.1. The number of nitrogens with zero attached hydrogens (tertiary/aromatic N) is 3. The minimum atomic E-state index is 0. The van der Waals surface area contributed by atoms with E-state index in [1.807, 2.05) is 0 Å². The van der Waals surface area contributed by atoms with Crippen LogP contribution in [0.15, 0.2) is 4.99 Å². The molecule has 160 valence electrons. The summed E-state index contributed by atoms with van der Waals surface area (Å²) in [5.41, 5.74) is 0. The van der Waals surface area contributed by atoms with Gasteiger partial charge in [-0.05, 0) is 71.0 Å². The van der Waals surface area contributed by atoms with Gasteiger partial charge in [-0.15, -0.1) is 24.0 Å². The molecule has 0 saturated carbocycles. The van der Waals surface area contributed by atoms with Gasteiger partial charge in [0.25, 0.3) is 0 Å². The highest BCUT2D eigenvalue weighted by molar-refractivity contribution is 14.0. The van der Waals surface area contributed by atoms with Gasteiger partial charge in [0.05, 0.1) is 6.54 Å². The van der Waals surface area contributed by atoms with E-state index in [4.69, 9.17) is 4.99 Å². The largest absolute Gasteiger partial charge is 0.357 e. The first-order chi connectivity index (χ1) is 12.6. The van der Waals surface area contributed by atoms with Crippen LogP contribution in [0.3, 0.4) is 0 Å². The highest BCUT2D eigenvalue weighted by Crippen LogP contribution is 2.18. The van der Waals surface area contributed by atoms with Crippen LogP contribution in [0.25, 0.3) is 0 Å². The van der Waals surface area contributed by atoms with Gasteiger partial charge in [-0.3, -0.25) is 9.89 Å². The second-order valence-electron chi connectivity index (χ2n) is 8.51. The quantitative estimate of drug-likeness (QED) is 0.293. The molecule has 0 aromatic rings. The molecule has 27 heavy (non-hydrogen) atoms. The zero-order valence-corrected chi connectivity index (χ0v) is 20.5. The van der Waals surface area contributed by atoms with Crippen molar-refractivity contribution in [2.45, 2.75) is 78.3 Å². The number of hydrogen-bond acceptors (Lipinski definition) is 3. The lowest BCUT2D eigenvalue weighted by Crippen LogP contribution is -2.49. The van der Waals surface area contributed by atoms with Gasteiger partial charge in [-0.2, -0.15) is 0 Å². The molecular weight excluding hydrogens is 449 g/mol. The fourth-order valence-corrected chi connectivity index (χ4v) is 4.32. The van der Waals surface area contributed by atoms with Crippen LogP contribution in [0.1, 0.15) is 66.2 Å². The van der Waals surface area contributed by atoms with Gasteiger partial charge in [0.2, 0.25) is 0 Å². The van der Waals surface area contributed by atoms with E-state index in [2.05, 4.69) is 48.1 Å². The van der Waals surface area contributed by atoms with E-state index < -0.39 is 0 Å². The van der Waals surface area contributed by atoms with Gasteiger partial charge >= 0.3 is 0 Å². The first-order valence-corrected chi connectivity index (χ1v) is 11.1. The zero-order valence-electron chi connectivity index (χ0n) is 18.2. The number of halogens is 1. The Morgan fingerprint density at radius 2 is 1.74 bits per heavy atom. The number of aliphatic imine (C=N–C) groups is 1. The van der Waals surface area contributed by atoms with Gasteiger partial charge in [0.15, 0.2) is 5.96 Å². The molecule has 1 atom stereocenters. The maximum atomic E-state index is 5.00. The van der Waals surface area contributed by atoms with Crippen molar-refractivity contribution in [3.05, 3.63) is 0 Å². The Labute approximate surface area is 185 Å². The van der Waals surface area contributed by atoms with Gasteiger partial charge in [-0.1, -0.05) is 20.8 Å². The Hall–Kier alpha value is -0.0800. The van der Waals surface area contributed by atoms with Crippen LogP contribution >= 0.6 is 24.0 Å². The van der Waals surface area contributed by atoms with Gasteiger partial charge in [0.1, 0.15) is 0 Å². The summed E-state index contributed by atoms with van der Waals surface area (Å²) in [4.78, 5) is 10.3. The maximum Gasteiger partial charge on any atom is 0.191 e.